The molecule has 0 radical (unpaired) electrons. The minimum absolute atomic E-state index is 0.0237. The van der Waals surface area contributed by atoms with Gasteiger partial charge in [0.05, 0.1) is 12.6 Å². The van der Waals surface area contributed by atoms with Crippen molar-refractivity contribution >= 4 is 6.03 Å². The molecule has 1 heterocycles. The van der Waals surface area contributed by atoms with E-state index in [0.29, 0.717) is 18.4 Å². The Hall–Kier alpha value is -0.810. The summed E-state index contributed by atoms with van der Waals surface area (Å²) >= 11 is 0. The maximum absolute atomic E-state index is 11.9. The molecule has 0 aliphatic carbocycles. The average molecular weight is 286 g/mol. The molecular weight excluding hydrogens is 256 g/mol. The van der Waals surface area contributed by atoms with Crippen molar-refractivity contribution in [3.8, 4) is 0 Å². The summed E-state index contributed by atoms with van der Waals surface area (Å²) in [4.78, 5) is 11.9. The highest BCUT2D eigenvalue weighted by Gasteiger charge is 2.22. The van der Waals surface area contributed by atoms with E-state index >= 15 is 0 Å². The van der Waals surface area contributed by atoms with Crippen molar-refractivity contribution in [2.75, 3.05) is 26.4 Å². The third-order valence-electron chi connectivity index (χ3n) is 3.53. The standard InChI is InChI=1S/C15H30N2O3/c1-11(2)9-20-10-12(3)16-15(18)17-13(4)14-5-7-19-8-6-14/h11-14H,5-10H2,1-4H3,(H2,16,17,18)/t12-,13+/m0/s1. The monoisotopic (exact) mass is 286 g/mol. The third kappa shape index (κ3) is 7.10. The fourth-order valence-corrected chi connectivity index (χ4v) is 2.33. The Bertz CT molecular complexity index is 278. The maximum atomic E-state index is 11.9. The summed E-state index contributed by atoms with van der Waals surface area (Å²) in [6.45, 7) is 11.1. The van der Waals surface area contributed by atoms with Crippen molar-refractivity contribution < 1.29 is 14.3 Å². The van der Waals surface area contributed by atoms with Crippen molar-refractivity contribution in [2.45, 2.75) is 52.6 Å². The first-order valence-corrected chi connectivity index (χ1v) is 7.71. The second-order valence-corrected chi connectivity index (χ2v) is 6.19. The largest absolute Gasteiger partial charge is 0.381 e. The SMILES string of the molecule is CC(C)COC[C@H](C)NC(=O)N[C@H](C)C1CCOCC1. The molecule has 0 spiro atoms. The molecule has 5 heteroatoms. The van der Waals surface area contributed by atoms with Crippen LogP contribution in [0.4, 0.5) is 4.79 Å². The number of hydrogen-bond donors (Lipinski definition) is 2. The highest BCUT2D eigenvalue weighted by Crippen LogP contribution is 2.18. The normalized spacial score (nSPS) is 19.6. The Balaban J connectivity index is 2.17. The Kier molecular flexibility index (Phi) is 7.92. The molecule has 1 aliphatic rings. The Morgan fingerprint density at radius 3 is 2.40 bits per heavy atom. The van der Waals surface area contributed by atoms with Crippen molar-refractivity contribution in [1.29, 1.82) is 0 Å². The van der Waals surface area contributed by atoms with Crippen LogP contribution in [0.1, 0.15) is 40.5 Å². The summed E-state index contributed by atoms with van der Waals surface area (Å²) in [5.74, 6) is 1.03. The van der Waals surface area contributed by atoms with E-state index in [4.69, 9.17) is 9.47 Å². The summed E-state index contributed by atoms with van der Waals surface area (Å²) in [7, 11) is 0. The lowest BCUT2D eigenvalue weighted by Crippen LogP contribution is -2.48. The summed E-state index contributed by atoms with van der Waals surface area (Å²) in [6, 6.07) is 0.1000. The minimum atomic E-state index is -0.107. The van der Waals surface area contributed by atoms with E-state index in [1.165, 1.54) is 0 Å². The number of hydrogen-bond acceptors (Lipinski definition) is 3. The van der Waals surface area contributed by atoms with Gasteiger partial charge in [-0.15, -0.1) is 0 Å². The van der Waals surface area contributed by atoms with Gasteiger partial charge in [0.25, 0.3) is 0 Å². The number of urea groups is 1. The van der Waals surface area contributed by atoms with Gasteiger partial charge in [0.15, 0.2) is 0 Å². The molecule has 20 heavy (non-hydrogen) atoms. The van der Waals surface area contributed by atoms with Gasteiger partial charge in [0, 0.05) is 25.9 Å². The van der Waals surface area contributed by atoms with E-state index in [1.54, 1.807) is 0 Å². The first-order valence-electron chi connectivity index (χ1n) is 7.71. The Morgan fingerprint density at radius 2 is 1.80 bits per heavy atom. The van der Waals surface area contributed by atoms with Gasteiger partial charge in [-0.2, -0.15) is 0 Å². The van der Waals surface area contributed by atoms with Crippen molar-refractivity contribution in [2.24, 2.45) is 11.8 Å². The smallest absolute Gasteiger partial charge is 0.315 e. The number of rotatable bonds is 7. The van der Waals surface area contributed by atoms with E-state index in [2.05, 4.69) is 31.4 Å². The molecule has 0 aromatic heterocycles. The van der Waals surface area contributed by atoms with E-state index in [0.717, 1.165) is 32.7 Å². The lowest BCUT2D eigenvalue weighted by molar-refractivity contribution is 0.0568. The Labute approximate surface area is 122 Å². The second kappa shape index (κ2) is 9.19. The van der Waals surface area contributed by atoms with Gasteiger partial charge in [-0.3, -0.25) is 0 Å². The van der Waals surface area contributed by atoms with Crippen LogP contribution in [0.3, 0.4) is 0 Å². The van der Waals surface area contributed by atoms with Crippen LogP contribution in [0.15, 0.2) is 0 Å². The third-order valence-corrected chi connectivity index (χ3v) is 3.53. The number of carbonyl (C=O) groups is 1. The van der Waals surface area contributed by atoms with E-state index in [-0.39, 0.29) is 18.1 Å². The average Bonchev–Trinajstić information content (AvgIpc) is 2.38. The van der Waals surface area contributed by atoms with Gasteiger partial charge in [0.2, 0.25) is 0 Å². The molecule has 0 aromatic carbocycles. The first kappa shape index (κ1) is 17.2. The molecule has 0 aromatic rings. The first-order chi connectivity index (χ1) is 9.49. The summed E-state index contributed by atoms with van der Waals surface area (Å²) in [6.07, 6.45) is 2.04. The zero-order valence-electron chi connectivity index (χ0n) is 13.3. The van der Waals surface area contributed by atoms with Crippen molar-refractivity contribution in [3.05, 3.63) is 0 Å². The maximum Gasteiger partial charge on any atom is 0.315 e. The van der Waals surface area contributed by atoms with Gasteiger partial charge in [-0.1, -0.05) is 13.8 Å². The molecule has 118 valence electrons. The molecule has 2 N–H and O–H groups in total. The molecule has 0 bridgehead atoms. The quantitative estimate of drug-likeness (QED) is 0.754. The van der Waals surface area contributed by atoms with Crippen LogP contribution in [0.25, 0.3) is 0 Å². The lowest BCUT2D eigenvalue weighted by atomic mass is 9.93. The van der Waals surface area contributed by atoms with E-state index < -0.39 is 0 Å². The second-order valence-electron chi connectivity index (χ2n) is 6.19. The van der Waals surface area contributed by atoms with Gasteiger partial charge < -0.3 is 20.1 Å². The molecule has 0 unspecified atom stereocenters. The molecule has 5 nitrogen and oxygen atoms in total. The topological polar surface area (TPSA) is 59.6 Å². The lowest BCUT2D eigenvalue weighted by Gasteiger charge is -2.28. The number of amides is 2. The molecule has 0 saturated carbocycles. The van der Waals surface area contributed by atoms with Crippen LogP contribution in [0.5, 0.6) is 0 Å². The molecule has 1 fully saturated rings. The predicted molar refractivity (Wildman–Crippen MR) is 79.8 cm³/mol. The fourth-order valence-electron chi connectivity index (χ4n) is 2.33. The van der Waals surface area contributed by atoms with Crippen LogP contribution in [-0.2, 0) is 9.47 Å². The molecular formula is C15H30N2O3. The number of nitrogens with one attached hydrogen (secondary N) is 2. The van der Waals surface area contributed by atoms with Crippen LogP contribution in [-0.4, -0.2) is 44.5 Å². The zero-order chi connectivity index (χ0) is 15.0. The van der Waals surface area contributed by atoms with Gasteiger partial charge in [0.1, 0.15) is 0 Å². The van der Waals surface area contributed by atoms with E-state index in [9.17, 15) is 4.79 Å². The van der Waals surface area contributed by atoms with Crippen molar-refractivity contribution in [1.82, 2.24) is 10.6 Å². The van der Waals surface area contributed by atoms with Crippen LogP contribution in [0, 0.1) is 11.8 Å². The van der Waals surface area contributed by atoms with Crippen molar-refractivity contribution in [3.63, 3.8) is 0 Å². The highest BCUT2D eigenvalue weighted by molar-refractivity contribution is 5.74. The summed E-state index contributed by atoms with van der Waals surface area (Å²) < 4.78 is 10.9. The van der Waals surface area contributed by atoms with Crippen LogP contribution < -0.4 is 10.6 Å². The molecule has 2 amide bonds. The van der Waals surface area contributed by atoms with Gasteiger partial charge in [-0.25, -0.2) is 4.79 Å². The predicted octanol–water partition coefficient (Wildman–Crippen LogP) is 2.16. The fraction of sp³-hybridized carbons (Fsp3) is 0.933. The molecule has 2 atom stereocenters. The Morgan fingerprint density at radius 1 is 1.15 bits per heavy atom. The molecule has 1 aliphatic heterocycles. The van der Waals surface area contributed by atoms with Crippen LogP contribution >= 0.6 is 0 Å². The van der Waals surface area contributed by atoms with Crippen LogP contribution in [0.2, 0.25) is 0 Å². The van der Waals surface area contributed by atoms with E-state index in [1.807, 2.05) is 6.92 Å². The highest BCUT2D eigenvalue weighted by atomic mass is 16.5. The minimum Gasteiger partial charge on any atom is -0.381 e. The molecule has 1 saturated heterocycles. The van der Waals surface area contributed by atoms with Gasteiger partial charge >= 0.3 is 6.03 Å². The number of ether oxygens (including phenoxy) is 2. The summed E-state index contributed by atoms with van der Waals surface area (Å²) in [5, 5.41) is 5.94. The number of carbonyl (C=O) groups excluding carboxylic acids is 1. The zero-order valence-corrected chi connectivity index (χ0v) is 13.3. The summed E-state index contributed by atoms with van der Waals surface area (Å²) in [5.41, 5.74) is 0. The molecule has 1 rings (SSSR count). The van der Waals surface area contributed by atoms with Gasteiger partial charge in [-0.05, 0) is 38.5 Å².